The van der Waals surface area contributed by atoms with Crippen LogP contribution in [0.2, 0.25) is 0 Å². The number of hydrogen-bond donors (Lipinski definition) is 0. The Morgan fingerprint density at radius 2 is 1.44 bits per heavy atom. The van der Waals surface area contributed by atoms with Crippen molar-refractivity contribution in [3.05, 3.63) is 24.3 Å². The van der Waals surface area contributed by atoms with Gasteiger partial charge in [-0.15, -0.1) is 0 Å². The van der Waals surface area contributed by atoms with Gasteiger partial charge < -0.3 is 19.3 Å². The summed E-state index contributed by atoms with van der Waals surface area (Å²) in [6.07, 6.45) is 5.62. The smallest absolute Gasteiger partial charge is 0.260 e. The first kappa shape index (κ1) is 19.5. The van der Waals surface area contributed by atoms with Crippen molar-refractivity contribution in [2.75, 3.05) is 39.4 Å². The van der Waals surface area contributed by atoms with Crippen LogP contribution in [0.4, 0.5) is 0 Å². The van der Waals surface area contributed by atoms with Crippen molar-refractivity contribution in [3.63, 3.8) is 0 Å². The number of carbonyl (C=O) groups excluding carboxylic acids is 2. The second kappa shape index (κ2) is 9.62. The zero-order valence-electron chi connectivity index (χ0n) is 16.2. The molecule has 2 aliphatic rings. The fourth-order valence-corrected chi connectivity index (χ4v) is 3.82. The van der Waals surface area contributed by atoms with E-state index in [4.69, 9.17) is 9.47 Å². The van der Waals surface area contributed by atoms with Crippen LogP contribution in [-0.4, -0.2) is 61.0 Å². The number of amides is 2. The molecule has 0 aromatic heterocycles. The molecule has 0 radical (unpaired) electrons. The molecule has 1 heterocycles. The maximum Gasteiger partial charge on any atom is 0.260 e. The highest BCUT2D eigenvalue weighted by Crippen LogP contribution is 2.26. The van der Waals surface area contributed by atoms with E-state index in [0.717, 1.165) is 31.4 Å². The molecule has 1 saturated heterocycles. The lowest BCUT2D eigenvalue weighted by Crippen LogP contribution is -2.53. The Morgan fingerprint density at radius 3 is 2.04 bits per heavy atom. The first-order chi connectivity index (χ1) is 13.2. The molecule has 1 aliphatic heterocycles. The summed E-state index contributed by atoms with van der Waals surface area (Å²) >= 11 is 0. The van der Waals surface area contributed by atoms with Gasteiger partial charge in [-0.25, -0.2) is 0 Å². The van der Waals surface area contributed by atoms with Gasteiger partial charge in [-0.05, 0) is 44.0 Å². The van der Waals surface area contributed by atoms with E-state index in [1.54, 1.807) is 17.0 Å². The monoisotopic (exact) mass is 374 g/mol. The molecule has 0 N–H and O–H groups in total. The third-order valence-electron chi connectivity index (χ3n) is 5.40. The van der Waals surface area contributed by atoms with E-state index >= 15 is 0 Å². The number of benzene rings is 1. The van der Waals surface area contributed by atoms with Crippen LogP contribution in [0.1, 0.15) is 39.0 Å². The van der Waals surface area contributed by atoms with Crippen molar-refractivity contribution in [3.8, 4) is 11.5 Å². The zero-order valence-corrected chi connectivity index (χ0v) is 16.2. The van der Waals surface area contributed by atoms with E-state index in [1.165, 1.54) is 6.42 Å². The minimum Gasteiger partial charge on any atom is -0.494 e. The molecule has 2 fully saturated rings. The maximum atomic E-state index is 12.6. The minimum absolute atomic E-state index is 0.0184. The third kappa shape index (κ3) is 5.37. The van der Waals surface area contributed by atoms with Crippen LogP contribution in [0.5, 0.6) is 11.5 Å². The highest BCUT2D eigenvalue weighted by atomic mass is 16.5. The van der Waals surface area contributed by atoms with Crippen molar-refractivity contribution in [1.82, 2.24) is 9.80 Å². The molecule has 27 heavy (non-hydrogen) atoms. The van der Waals surface area contributed by atoms with Gasteiger partial charge in [0.1, 0.15) is 11.5 Å². The molecule has 0 unspecified atom stereocenters. The largest absolute Gasteiger partial charge is 0.494 e. The Hall–Kier alpha value is -2.24. The maximum absolute atomic E-state index is 12.6. The molecular formula is C21H30N2O4. The van der Waals surface area contributed by atoms with Crippen LogP contribution in [0.15, 0.2) is 24.3 Å². The van der Waals surface area contributed by atoms with E-state index in [9.17, 15) is 9.59 Å². The topological polar surface area (TPSA) is 59.1 Å². The number of rotatable bonds is 6. The van der Waals surface area contributed by atoms with Crippen LogP contribution >= 0.6 is 0 Å². The van der Waals surface area contributed by atoms with E-state index < -0.39 is 0 Å². The molecule has 0 atom stereocenters. The summed E-state index contributed by atoms with van der Waals surface area (Å²) in [5, 5.41) is 0. The highest BCUT2D eigenvalue weighted by molar-refractivity contribution is 5.80. The standard InChI is InChI=1S/C21H30N2O4/c1-2-26-18-8-10-19(11-9-18)27-16-20(24)22-12-14-23(15-13-22)21(25)17-6-4-3-5-7-17/h8-11,17H,2-7,12-16H2,1H3. The Bertz CT molecular complexity index is 618. The SMILES string of the molecule is CCOc1ccc(OCC(=O)N2CCN(C(=O)C3CCCCC3)CC2)cc1. The fraction of sp³-hybridized carbons (Fsp3) is 0.619. The summed E-state index contributed by atoms with van der Waals surface area (Å²) in [5.41, 5.74) is 0. The molecule has 2 amide bonds. The second-order valence-electron chi connectivity index (χ2n) is 7.23. The molecule has 1 saturated carbocycles. The summed E-state index contributed by atoms with van der Waals surface area (Å²) < 4.78 is 11.0. The normalized spacial score (nSPS) is 18.3. The van der Waals surface area contributed by atoms with E-state index in [-0.39, 0.29) is 24.3 Å². The van der Waals surface area contributed by atoms with Crippen LogP contribution in [0.25, 0.3) is 0 Å². The van der Waals surface area contributed by atoms with Gasteiger partial charge >= 0.3 is 0 Å². The predicted octanol–water partition coefficient (Wildman–Crippen LogP) is 2.72. The van der Waals surface area contributed by atoms with Gasteiger partial charge in [0.2, 0.25) is 5.91 Å². The van der Waals surface area contributed by atoms with Crippen LogP contribution < -0.4 is 9.47 Å². The summed E-state index contributed by atoms with van der Waals surface area (Å²) in [4.78, 5) is 28.7. The van der Waals surface area contributed by atoms with E-state index in [2.05, 4.69) is 0 Å². The van der Waals surface area contributed by atoms with Crippen LogP contribution in [0, 0.1) is 5.92 Å². The van der Waals surface area contributed by atoms with Gasteiger partial charge in [0.25, 0.3) is 5.91 Å². The van der Waals surface area contributed by atoms with Gasteiger partial charge in [0.15, 0.2) is 6.61 Å². The molecule has 1 aromatic carbocycles. The molecule has 1 aliphatic carbocycles. The highest BCUT2D eigenvalue weighted by Gasteiger charge is 2.29. The Balaban J connectivity index is 1.41. The summed E-state index contributed by atoms with van der Waals surface area (Å²) in [6, 6.07) is 7.27. The first-order valence-electron chi connectivity index (χ1n) is 10.1. The number of ether oxygens (including phenoxy) is 2. The molecule has 0 bridgehead atoms. The van der Waals surface area contributed by atoms with Gasteiger partial charge in [0.05, 0.1) is 6.61 Å². The van der Waals surface area contributed by atoms with E-state index in [0.29, 0.717) is 38.5 Å². The van der Waals surface area contributed by atoms with Crippen molar-refractivity contribution < 1.29 is 19.1 Å². The van der Waals surface area contributed by atoms with Crippen molar-refractivity contribution in [1.29, 1.82) is 0 Å². The Kier molecular flexibility index (Phi) is 6.96. The number of nitrogens with zero attached hydrogens (tertiary/aromatic N) is 2. The number of carbonyl (C=O) groups is 2. The summed E-state index contributed by atoms with van der Waals surface area (Å²) in [7, 11) is 0. The first-order valence-corrected chi connectivity index (χ1v) is 10.1. The van der Waals surface area contributed by atoms with Gasteiger partial charge in [-0.2, -0.15) is 0 Å². The van der Waals surface area contributed by atoms with E-state index in [1.807, 2.05) is 24.0 Å². The second-order valence-corrected chi connectivity index (χ2v) is 7.23. The van der Waals surface area contributed by atoms with Crippen molar-refractivity contribution in [2.24, 2.45) is 5.92 Å². The minimum atomic E-state index is -0.0337. The van der Waals surface area contributed by atoms with Crippen LogP contribution in [0.3, 0.4) is 0 Å². The lowest BCUT2D eigenvalue weighted by molar-refractivity contribution is -0.143. The molecule has 3 rings (SSSR count). The lowest BCUT2D eigenvalue weighted by atomic mass is 9.88. The molecule has 1 aromatic rings. The van der Waals surface area contributed by atoms with Gasteiger partial charge in [-0.1, -0.05) is 19.3 Å². The Labute approximate surface area is 161 Å². The third-order valence-corrected chi connectivity index (χ3v) is 5.40. The lowest BCUT2D eigenvalue weighted by Gasteiger charge is -2.37. The van der Waals surface area contributed by atoms with Crippen LogP contribution in [-0.2, 0) is 9.59 Å². The Morgan fingerprint density at radius 1 is 0.889 bits per heavy atom. The quantitative estimate of drug-likeness (QED) is 0.768. The van der Waals surface area contributed by atoms with Crippen molar-refractivity contribution in [2.45, 2.75) is 39.0 Å². The summed E-state index contributed by atoms with van der Waals surface area (Å²) in [5.74, 6) is 1.89. The molecule has 0 spiro atoms. The number of hydrogen-bond acceptors (Lipinski definition) is 4. The average molecular weight is 374 g/mol. The van der Waals surface area contributed by atoms with Gasteiger partial charge in [0, 0.05) is 32.1 Å². The summed E-state index contributed by atoms with van der Waals surface area (Å²) in [6.45, 7) is 5.01. The van der Waals surface area contributed by atoms with Crippen molar-refractivity contribution >= 4 is 11.8 Å². The zero-order chi connectivity index (χ0) is 19.1. The molecule has 6 nitrogen and oxygen atoms in total. The number of piperazine rings is 1. The molecule has 6 heteroatoms. The predicted molar refractivity (Wildman–Crippen MR) is 103 cm³/mol. The fourth-order valence-electron chi connectivity index (χ4n) is 3.82. The average Bonchev–Trinajstić information content (AvgIpc) is 2.73. The van der Waals surface area contributed by atoms with Gasteiger partial charge in [-0.3, -0.25) is 9.59 Å². The molecule has 148 valence electrons. The molecular weight excluding hydrogens is 344 g/mol.